The van der Waals surface area contributed by atoms with Crippen LogP contribution in [-0.2, 0) is 14.3 Å². The lowest BCUT2D eigenvalue weighted by atomic mass is 10.0. The van der Waals surface area contributed by atoms with Crippen LogP contribution in [0.2, 0.25) is 0 Å². The van der Waals surface area contributed by atoms with E-state index in [1.165, 1.54) is 7.11 Å². The van der Waals surface area contributed by atoms with Gasteiger partial charge in [0.1, 0.15) is 0 Å². The highest BCUT2D eigenvalue weighted by atomic mass is 16.5. The average molecular weight is 260 g/mol. The Morgan fingerprint density at radius 1 is 1.56 bits per heavy atom. The summed E-state index contributed by atoms with van der Waals surface area (Å²) in [5, 5.41) is 14.0. The maximum atomic E-state index is 11.5. The summed E-state index contributed by atoms with van der Waals surface area (Å²) in [6.45, 7) is 3.22. The van der Waals surface area contributed by atoms with Crippen LogP contribution in [0.5, 0.6) is 0 Å². The fourth-order valence-corrected chi connectivity index (χ4v) is 1.78. The highest BCUT2D eigenvalue weighted by Crippen LogP contribution is 2.16. The molecule has 7 heteroatoms. The molecule has 0 aromatic heterocycles. The van der Waals surface area contributed by atoms with E-state index >= 15 is 0 Å². The normalized spacial score (nSPS) is 22.2. The molecule has 104 valence electrons. The highest BCUT2D eigenvalue weighted by Gasteiger charge is 2.24. The number of hydrogen-bond acceptors (Lipinski definition) is 4. The van der Waals surface area contributed by atoms with Gasteiger partial charge in [-0.05, 0) is 13.3 Å². The summed E-state index contributed by atoms with van der Waals surface area (Å²) in [4.78, 5) is 22.2. The Balaban J connectivity index is 2.26. The first-order valence-electron chi connectivity index (χ1n) is 5.92. The molecule has 1 aliphatic rings. The molecule has 0 radical (unpaired) electrons. The second kappa shape index (κ2) is 7.17. The van der Waals surface area contributed by atoms with Gasteiger partial charge in [0.25, 0.3) is 0 Å². The summed E-state index contributed by atoms with van der Waals surface area (Å²) in [6, 6.07) is -0.393. The van der Waals surface area contributed by atoms with Crippen LogP contribution in [0.3, 0.4) is 0 Å². The molecule has 3 unspecified atom stereocenters. The summed E-state index contributed by atoms with van der Waals surface area (Å²) in [7, 11) is 1.29. The smallest absolute Gasteiger partial charge is 0.334 e. The van der Waals surface area contributed by atoms with Crippen molar-refractivity contribution >= 4 is 12.0 Å². The molecule has 1 heterocycles. The molecule has 0 bridgehead atoms. The molecule has 1 rings (SSSR count). The Kier molecular flexibility index (Phi) is 5.87. The second-order valence-electron chi connectivity index (χ2n) is 4.33. The Bertz CT molecular complexity index is 291. The SMILES string of the molecule is COC(CNC(=O)NC(C)C1CCOC1)C(=O)O. The van der Waals surface area contributed by atoms with Gasteiger partial charge in [0.15, 0.2) is 6.10 Å². The molecule has 2 amide bonds. The molecule has 3 N–H and O–H groups in total. The number of carbonyl (C=O) groups excluding carboxylic acids is 1. The molecule has 1 saturated heterocycles. The summed E-state index contributed by atoms with van der Waals surface area (Å²) in [6.07, 6.45) is -0.0991. The predicted molar refractivity (Wildman–Crippen MR) is 63.4 cm³/mol. The molecule has 7 nitrogen and oxygen atoms in total. The molecular formula is C11H20N2O5. The van der Waals surface area contributed by atoms with Crippen LogP contribution in [-0.4, -0.2) is 56.1 Å². The number of hydrogen-bond donors (Lipinski definition) is 3. The van der Waals surface area contributed by atoms with Gasteiger partial charge in [-0.2, -0.15) is 0 Å². The van der Waals surface area contributed by atoms with Crippen LogP contribution in [0, 0.1) is 5.92 Å². The van der Waals surface area contributed by atoms with Gasteiger partial charge in [-0.3, -0.25) is 0 Å². The summed E-state index contributed by atoms with van der Waals surface area (Å²) in [5.74, 6) is -0.788. The number of nitrogens with one attached hydrogen (secondary N) is 2. The van der Waals surface area contributed by atoms with Crippen LogP contribution in [0.25, 0.3) is 0 Å². The summed E-state index contributed by atoms with van der Waals surface area (Å²) >= 11 is 0. The number of methoxy groups -OCH3 is 1. The number of amides is 2. The number of urea groups is 1. The molecule has 0 aromatic rings. The third kappa shape index (κ3) is 4.50. The number of carbonyl (C=O) groups is 2. The molecule has 1 aliphatic heterocycles. The molecule has 0 saturated carbocycles. The van der Waals surface area contributed by atoms with E-state index in [-0.39, 0.29) is 12.6 Å². The number of carboxylic acids is 1. The Hall–Kier alpha value is -1.34. The van der Waals surface area contributed by atoms with Crippen molar-refractivity contribution in [3.8, 4) is 0 Å². The summed E-state index contributed by atoms with van der Waals surface area (Å²) in [5.41, 5.74) is 0. The van der Waals surface area contributed by atoms with E-state index in [0.717, 1.165) is 13.0 Å². The van der Waals surface area contributed by atoms with E-state index in [9.17, 15) is 9.59 Å². The predicted octanol–water partition coefficient (Wildman–Crippen LogP) is -0.190. The number of aliphatic carboxylic acids is 1. The van der Waals surface area contributed by atoms with Gasteiger partial charge in [0.2, 0.25) is 0 Å². The maximum absolute atomic E-state index is 11.5. The second-order valence-corrected chi connectivity index (χ2v) is 4.33. The largest absolute Gasteiger partial charge is 0.479 e. The van der Waals surface area contributed by atoms with E-state index in [0.29, 0.717) is 12.5 Å². The van der Waals surface area contributed by atoms with Crippen molar-refractivity contribution in [2.24, 2.45) is 5.92 Å². The minimum Gasteiger partial charge on any atom is -0.479 e. The van der Waals surface area contributed by atoms with Crippen molar-refractivity contribution in [2.75, 3.05) is 26.9 Å². The van der Waals surface area contributed by atoms with Crippen molar-refractivity contribution in [1.82, 2.24) is 10.6 Å². The van der Waals surface area contributed by atoms with Crippen molar-refractivity contribution < 1.29 is 24.2 Å². The molecule has 0 aliphatic carbocycles. The minimum absolute atomic E-state index is 0.00155. The van der Waals surface area contributed by atoms with Gasteiger partial charge in [-0.1, -0.05) is 0 Å². The van der Waals surface area contributed by atoms with Crippen LogP contribution in [0.1, 0.15) is 13.3 Å². The van der Waals surface area contributed by atoms with E-state index in [2.05, 4.69) is 10.6 Å². The minimum atomic E-state index is -1.10. The van der Waals surface area contributed by atoms with Crippen LogP contribution in [0.4, 0.5) is 4.79 Å². The van der Waals surface area contributed by atoms with Crippen LogP contribution < -0.4 is 10.6 Å². The van der Waals surface area contributed by atoms with Crippen LogP contribution in [0.15, 0.2) is 0 Å². The lowest BCUT2D eigenvalue weighted by Crippen LogP contribution is -2.47. The van der Waals surface area contributed by atoms with Crippen molar-refractivity contribution in [3.05, 3.63) is 0 Å². The lowest BCUT2D eigenvalue weighted by Gasteiger charge is -2.20. The number of rotatable bonds is 6. The number of ether oxygens (including phenoxy) is 2. The fraction of sp³-hybridized carbons (Fsp3) is 0.818. The summed E-state index contributed by atoms with van der Waals surface area (Å²) < 4.78 is 9.94. The molecule has 0 spiro atoms. The van der Waals surface area contributed by atoms with Gasteiger partial charge in [-0.25, -0.2) is 9.59 Å². The third-order valence-electron chi connectivity index (χ3n) is 3.04. The standard InChI is InChI=1S/C11H20N2O5/c1-7(8-3-4-18-6-8)13-11(16)12-5-9(17-2)10(14)15/h7-9H,3-6H2,1-2H3,(H,14,15)(H2,12,13,16). The lowest BCUT2D eigenvalue weighted by molar-refractivity contribution is -0.147. The Morgan fingerprint density at radius 2 is 2.28 bits per heavy atom. The molecule has 0 aromatic carbocycles. The van der Waals surface area contributed by atoms with Gasteiger partial charge in [0, 0.05) is 25.7 Å². The first-order chi connectivity index (χ1) is 8.54. The monoisotopic (exact) mass is 260 g/mol. The van der Waals surface area contributed by atoms with Gasteiger partial charge < -0.3 is 25.2 Å². The zero-order chi connectivity index (χ0) is 13.5. The van der Waals surface area contributed by atoms with Gasteiger partial charge in [0.05, 0.1) is 13.2 Å². The zero-order valence-corrected chi connectivity index (χ0v) is 10.6. The van der Waals surface area contributed by atoms with Crippen LogP contribution >= 0.6 is 0 Å². The zero-order valence-electron chi connectivity index (χ0n) is 10.6. The van der Waals surface area contributed by atoms with Crippen molar-refractivity contribution in [1.29, 1.82) is 0 Å². The quantitative estimate of drug-likeness (QED) is 0.615. The molecule has 3 atom stereocenters. The Labute approximate surface area is 106 Å². The average Bonchev–Trinajstić information content (AvgIpc) is 2.82. The third-order valence-corrected chi connectivity index (χ3v) is 3.04. The molecular weight excluding hydrogens is 240 g/mol. The maximum Gasteiger partial charge on any atom is 0.334 e. The van der Waals surface area contributed by atoms with E-state index in [4.69, 9.17) is 14.6 Å². The topological polar surface area (TPSA) is 96.9 Å². The highest BCUT2D eigenvalue weighted by molar-refractivity contribution is 5.77. The Morgan fingerprint density at radius 3 is 2.78 bits per heavy atom. The molecule has 1 fully saturated rings. The van der Waals surface area contributed by atoms with Crippen molar-refractivity contribution in [3.63, 3.8) is 0 Å². The first kappa shape index (κ1) is 14.7. The van der Waals surface area contributed by atoms with E-state index in [1.54, 1.807) is 0 Å². The van der Waals surface area contributed by atoms with E-state index in [1.807, 2.05) is 6.92 Å². The molecule has 18 heavy (non-hydrogen) atoms. The van der Waals surface area contributed by atoms with Gasteiger partial charge >= 0.3 is 12.0 Å². The first-order valence-corrected chi connectivity index (χ1v) is 5.92. The van der Waals surface area contributed by atoms with Gasteiger partial charge in [-0.15, -0.1) is 0 Å². The number of carboxylic acid groups (broad SMARTS) is 1. The van der Waals surface area contributed by atoms with E-state index < -0.39 is 18.1 Å². The van der Waals surface area contributed by atoms with Crippen molar-refractivity contribution in [2.45, 2.75) is 25.5 Å². The fourth-order valence-electron chi connectivity index (χ4n) is 1.78.